The summed E-state index contributed by atoms with van der Waals surface area (Å²) < 4.78 is 0. The first-order valence-electron chi connectivity index (χ1n) is 20.1. The van der Waals surface area contributed by atoms with E-state index in [1.165, 1.54) is 4.90 Å². The Morgan fingerprint density at radius 2 is 1.11 bits per heavy atom. The molecule has 0 saturated carbocycles. The third kappa shape index (κ3) is 10.3. The lowest BCUT2D eigenvalue weighted by Crippen LogP contribution is -2.56. The van der Waals surface area contributed by atoms with Gasteiger partial charge in [0.25, 0.3) is 0 Å². The zero-order valence-electron chi connectivity index (χ0n) is 33.6. The number of hydrogen-bond acceptors (Lipinski definition) is 8. The molecule has 5 N–H and O–H groups in total. The van der Waals surface area contributed by atoms with E-state index in [0.29, 0.717) is 62.7 Å². The average molecular weight is 780 g/mol. The van der Waals surface area contributed by atoms with Crippen LogP contribution in [0.4, 0.5) is 11.4 Å². The number of likely N-dealkylation sites (N-methyl/N-ethyl adjacent to an activating group) is 2. The fraction of sp³-hybridized carbons (Fsp3) is 0.455. The summed E-state index contributed by atoms with van der Waals surface area (Å²) in [7, 11) is 3.34. The third-order valence-electron chi connectivity index (χ3n) is 11.2. The van der Waals surface area contributed by atoms with Crippen LogP contribution < -0.4 is 36.4 Å². The van der Waals surface area contributed by atoms with E-state index in [0.717, 1.165) is 23.0 Å². The van der Waals surface area contributed by atoms with Gasteiger partial charge in [-0.15, -0.1) is 0 Å². The Morgan fingerprint density at radius 3 is 1.63 bits per heavy atom. The summed E-state index contributed by atoms with van der Waals surface area (Å²) >= 11 is 0. The number of carbonyl (C=O) groups is 6. The highest BCUT2D eigenvalue weighted by Crippen LogP contribution is 2.34. The van der Waals surface area contributed by atoms with Gasteiger partial charge in [-0.05, 0) is 76.5 Å². The number of amides is 5. The maximum atomic E-state index is 14.6. The monoisotopic (exact) mass is 779 g/mol. The lowest BCUT2D eigenvalue weighted by atomic mass is 10.0. The average Bonchev–Trinajstić information content (AvgIpc) is 3.82. The zero-order chi connectivity index (χ0) is 41.1. The van der Waals surface area contributed by atoms with Crippen LogP contribution in [0.25, 0.3) is 0 Å². The van der Waals surface area contributed by atoms with E-state index in [4.69, 9.17) is 0 Å². The molecule has 304 valence electrons. The quantitative estimate of drug-likeness (QED) is 0.0911. The highest BCUT2D eigenvalue weighted by atomic mass is 16.2. The zero-order valence-corrected chi connectivity index (χ0v) is 33.6. The minimum absolute atomic E-state index is 0.276. The van der Waals surface area contributed by atoms with E-state index in [9.17, 15) is 28.8 Å². The van der Waals surface area contributed by atoms with E-state index in [-0.39, 0.29) is 35.6 Å². The molecule has 2 aliphatic heterocycles. The van der Waals surface area contributed by atoms with Crippen molar-refractivity contribution in [3.05, 3.63) is 95.6 Å². The van der Waals surface area contributed by atoms with Crippen molar-refractivity contribution in [3.8, 4) is 0 Å². The molecule has 0 fully saturated rings. The number of aldehydes is 1. The standard InChI is InChI=1S/C44H57N7O6/c1-28(31-17-9-8-10-18-31)47-42(55)39-26-33-20-14-16-24-38(33)51(39)44(57)36(49-41(54)30(3)46-5)22-12-7-6-11-21-35(48-40(53)29(2)45-4)43(56)50-34(27-52)25-32-19-13-15-23-37(32)50/h8-10,13-20,23-24,27-30,34-36,39,45-46H,6-7,11-12,21-22,25-26H2,1-5H3,(H,47,55)(H,48,53)(H,49,54)/t28?,29-,30-,34?,35?,36?,39?/m0/s1. The smallest absolute Gasteiger partial charge is 0.250 e. The number of hydrogen-bond donors (Lipinski definition) is 5. The van der Waals surface area contributed by atoms with Gasteiger partial charge in [-0.1, -0.05) is 92.4 Å². The van der Waals surface area contributed by atoms with Gasteiger partial charge < -0.3 is 31.4 Å². The maximum absolute atomic E-state index is 14.6. The Hall–Kier alpha value is -5.40. The van der Waals surface area contributed by atoms with E-state index in [1.54, 1.807) is 32.8 Å². The van der Waals surface area contributed by atoms with Crippen molar-refractivity contribution in [1.82, 2.24) is 26.6 Å². The molecule has 13 heteroatoms. The molecule has 2 heterocycles. The fourth-order valence-corrected chi connectivity index (χ4v) is 7.56. The van der Waals surface area contributed by atoms with Crippen LogP contribution in [0.5, 0.6) is 0 Å². The molecule has 0 radical (unpaired) electrons. The first-order chi connectivity index (χ1) is 27.5. The van der Waals surface area contributed by atoms with Crippen LogP contribution in [-0.2, 0) is 41.6 Å². The Labute approximate surface area is 335 Å². The summed E-state index contributed by atoms with van der Waals surface area (Å²) in [6.45, 7) is 5.34. The predicted molar refractivity (Wildman–Crippen MR) is 221 cm³/mol. The lowest BCUT2D eigenvalue weighted by Gasteiger charge is -2.30. The minimum Gasteiger partial charge on any atom is -0.348 e. The number of rotatable bonds is 19. The van der Waals surface area contributed by atoms with Crippen molar-refractivity contribution in [2.45, 2.75) is 114 Å². The number of carbonyl (C=O) groups excluding carboxylic acids is 6. The molecule has 0 bridgehead atoms. The van der Waals surface area contributed by atoms with Crippen molar-refractivity contribution in [3.63, 3.8) is 0 Å². The van der Waals surface area contributed by atoms with Gasteiger partial charge in [0.2, 0.25) is 29.5 Å². The molecule has 5 amide bonds. The Balaban J connectivity index is 1.26. The Bertz CT molecular complexity index is 1890. The van der Waals surface area contributed by atoms with Crippen LogP contribution in [0.3, 0.4) is 0 Å². The number of benzene rings is 3. The van der Waals surface area contributed by atoms with E-state index >= 15 is 0 Å². The number of unbranched alkanes of at least 4 members (excludes halogenated alkanes) is 3. The second kappa shape index (κ2) is 20.1. The summed E-state index contributed by atoms with van der Waals surface area (Å²) in [5, 5.41) is 14.8. The summed E-state index contributed by atoms with van der Waals surface area (Å²) in [4.78, 5) is 83.8. The lowest BCUT2D eigenvalue weighted by molar-refractivity contribution is -0.130. The summed E-state index contributed by atoms with van der Waals surface area (Å²) in [5.41, 5.74) is 4.06. The highest BCUT2D eigenvalue weighted by Gasteiger charge is 2.42. The predicted octanol–water partition coefficient (Wildman–Crippen LogP) is 3.50. The number of fused-ring (bicyclic) bond motifs is 2. The van der Waals surface area contributed by atoms with Gasteiger partial charge in [-0.25, -0.2) is 0 Å². The molecule has 13 nitrogen and oxygen atoms in total. The second-order valence-corrected chi connectivity index (χ2v) is 15.1. The molecule has 7 atom stereocenters. The van der Waals surface area contributed by atoms with Crippen LogP contribution in [0.1, 0.15) is 82.0 Å². The molecule has 5 unspecified atom stereocenters. The first kappa shape index (κ1) is 42.7. The van der Waals surface area contributed by atoms with Gasteiger partial charge in [-0.2, -0.15) is 0 Å². The van der Waals surface area contributed by atoms with Crippen molar-refractivity contribution in [2.75, 3.05) is 23.9 Å². The minimum atomic E-state index is -0.895. The van der Waals surface area contributed by atoms with E-state index < -0.39 is 36.3 Å². The van der Waals surface area contributed by atoms with Gasteiger partial charge in [0, 0.05) is 24.2 Å². The number of anilines is 2. The molecule has 2 aliphatic rings. The second-order valence-electron chi connectivity index (χ2n) is 15.1. The van der Waals surface area contributed by atoms with Gasteiger partial charge in [0.05, 0.1) is 24.2 Å². The fourth-order valence-electron chi connectivity index (χ4n) is 7.56. The molecule has 3 aromatic carbocycles. The maximum Gasteiger partial charge on any atom is 0.250 e. The summed E-state index contributed by atoms with van der Waals surface area (Å²) in [6.07, 6.45) is 4.78. The van der Waals surface area contributed by atoms with Gasteiger partial charge in [-0.3, -0.25) is 33.8 Å². The topological polar surface area (TPSA) is 169 Å². The Kier molecular flexibility index (Phi) is 15.1. The van der Waals surface area contributed by atoms with E-state index in [1.807, 2.05) is 85.8 Å². The van der Waals surface area contributed by atoms with Crippen LogP contribution in [0.15, 0.2) is 78.9 Å². The molecular formula is C44H57N7O6. The normalized spacial score (nSPS) is 18.3. The van der Waals surface area contributed by atoms with Crippen LogP contribution >= 0.6 is 0 Å². The van der Waals surface area contributed by atoms with Gasteiger partial charge >= 0.3 is 0 Å². The third-order valence-corrected chi connectivity index (χ3v) is 11.2. The Morgan fingerprint density at radius 1 is 0.632 bits per heavy atom. The molecule has 0 aromatic heterocycles. The van der Waals surface area contributed by atoms with Crippen molar-refractivity contribution < 1.29 is 28.8 Å². The molecule has 57 heavy (non-hydrogen) atoms. The van der Waals surface area contributed by atoms with Gasteiger partial charge in [0.1, 0.15) is 24.4 Å². The van der Waals surface area contributed by atoms with Gasteiger partial charge in [0.15, 0.2) is 0 Å². The summed E-state index contributed by atoms with van der Waals surface area (Å²) in [5.74, 6) is -1.60. The van der Waals surface area contributed by atoms with Crippen LogP contribution in [0, 0.1) is 0 Å². The molecule has 0 aliphatic carbocycles. The van der Waals surface area contributed by atoms with Crippen molar-refractivity contribution in [2.24, 2.45) is 0 Å². The SMILES string of the molecule is CN[C@@H](C)C(=O)NC(CCCCCCC(NC(=O)[C@H](C)NC)C(=O)N1c2ccccc2CC1C(=O)NC(C)c1ccccc1)C(=O)N1c2ccccc2CC1C=O. The first-order valence-corrected chi connectivity index (χ1v) is 20.1. The van der Waals surface area contributed by atoms with Crippen LogP contribution in [-0.4, -0.2) is 86.2 Å². The van der Waals surface area contributed by atoms with Crippen molar-refractivity contribution in [1.29, 1.82) is 0 Å². The number of para-hydroxylation sites is 2. The molecule has 5 rings (SSSR count). The number of nitrogens with one attached hydrogen (secondary N) is 5. The highest BCUT2D eigenvalue weighted by molar-refractivity contribution is 6.07. The van der Waals surface area contributed by atoms with Crippen molar-refractivity contribution >= 4 is 47.2 Å². The molecular weight excluding hydrogens is 723 g/mol. The summed E-state index contributed by atoms with van der Waals surface area (Å²) in [6, 6.07) is 20.0. The molecule has 0 spiro atoms. The number of nitrogens with zero attached hydrogens (tertiary/aromatic N) is 2. The van der Waals surface area contributed by atoms with E-state index in [2.05, 4.69) is 26.6 Å². The van der Waals surface area contributed by atoms with Crippen LogP contribution in [0.2, 0.25) is 0 Å². The largest absolute Gasteiger partial charge is 0.348 e. The molecule has 3 aromatic rings. The molecule has 0 saturated heterocycles.